The second-order valence-electron chi connectivity index (χ2n) is 2.44. The molecule has 0 aromatic heterocycles. The lowest BCUT2D eigenvalue weighted by atomic mass is 10.3. The van der Waals surface area contributed by atoms with Gasteiger partial charge in [-0.3, -0.25) is 15.0 Å². The number of hydrogen-bond acceptors (Lipinski definition) is 3. The van der Waals surface area contributed by atoms with Gasteiger partial charge < -0.3 is 5.11 Å². The molecule has 3 N–H and O–H groups in total. The zero-order valence-corrected chi connectivity index (χ0v) is 7.05. The van der Waals surface area contributed by atoms with Crippen molar-refractivity contribution in [3.05, 3.63) is 12.2 Å². The van der Waals surface area contributed by atoms with Gasteiger partial charge >= 0.3 is 5.97 Å². The maximum absolute atomic E-state index is 10.8. The Morgan fingerprint density at radius 3 is 2.33 bits per heavy atom. The van der Waals surface area contributed by atoms with Crippen LogP contribution in [0.25, 0.3) is 0 Å². The normalized spacial score (nSPS) is 11.8. The van der Waals surface area contributed by atoms with Crippen LogP contribution in [-0.2, 0) is 9.59 Å². The molecule has 0 heterocycles. The Morgan fingerprint density at radius 1 is 1.50 bits per heavy atom. The lowest BCUT2D eigenvalue weighted by Gasteiger charge is -2.09. The fraction of sp³-hybridized carbons (Fsp3) is 0.429. The summed E-state index contributed by atoms with van der Waals surface area (Å²) in [6, 6.07) is -0.812. The van der Waals surface area contributed by atoms with Crippen LogP contribution in [0.15, 0.2) is 12.2 Å². The van der Waals surface area contributed by atoms with Crippen LogP contribution >= 0.6 is 0 Å². The van der Waals surface area contributed by atoms with Crippen LogP contribution in [0.3, 0.4) is 0 Å². The predicted molar refractivity (Wildman–Crippen MR) is 43.2 cm³/mol. The van der Waals surface area contributed by atoms with Crippen LogP contribution in [0.5, 0.6) is 0 Å². The third-order valence-electron chi connectivity index (χ3n) is 1.16. The summed E-state index contributed by atoms with van der Waals surface area (Å²) in [5.74, 6) is -1.44. The van der Waals surface area contributed by atoms with Crippen molar-refractivity contribution in [2.75, 3.05) is 0 Å². The largest absolute Gasteiger partial charge is 0.480 e. The van der Waals surface area contributed by atoms with Crippen LogP contribution in [0.2, 0.25) is 0 Å². The monoisotopic (exact) mass is 172 g/mol. The van der Waals surface area contributed by atoms with Crippen molar-refractivity contribution in [2.45, 2.75) is 19.9 Å². The molecule has 0 fully saturated rings. The number of nitrogens with one attached hydrogen (secondary N) is 2. The van der Waals surface area contributed by atoms with Gasteiger partial charge in [0.25, 0.3) is 5.91 Å². The molecule has 1 amide bonds. The lowest BCUT2D eigenvalue weighted by Crippen LogP contribution is -2.46. The molecule has 0 spiro atoms. The SMILES string of the molecule is C=C(C)C(=O)NN[C@@H](C)C(=O)O. The summed E-state index contributed by atoms with van der Waals surface area (Å²) in [5, 5.41) is 8.40. The highest BCUT2D eigenvalue weighted by Crippen LogP contribution is 1.84. The van der Waals surface area contributed by atoms with E-state index in [0.717, 1.165) is 0 Å². The molecule has 0 aliphatic rings. The maximum Gasteiger partial charge on any atom is 0.322 e. The molecule has 0 unspecified atom stereocenters. The zero-order valence-electron chi connectivity index (χ0n) is 7.05. The maximum atomic E-state index is 10.8. The molecule has 1 atom stereocenters. The molecule has 68 valence electrons. The van der Waals surface area contributed by atoms with Crippen LogP contribution in [0.4, 0.5) is 0 Å². The number of aliphatic carboxylic acids is 1. The molecule has 0 rings (SSSR count). The molecule has 0 aromatic rings. The van der Waals surface area contributed by atoms with Crippen molar-refractivity contribution in [3.63, 3.8) is 0 Å². The first kappa shape index (κ1) is 10.6. The first-order valence-electron chi connectivity index (χ1n) is 3.39. The van der Waals surface area contributed by atoms with Gasteiger partial charge in [-0.2, -0.15) is 0 Å². The number of amides is 1. The molecule has 5 nitrogen and oxygen atoms in total. The van der Waals surface area contributed by atoms with E-state index in [1.54, 1.807) is 0 Å². The van der Waals surface area contributed by atoms with Gasteiger partial charge in [-0.25, -0.2) is 5.43 Å². The summed E-state index contributed by atoms with van der Waals surface area (Å²) in [7, 11) is 0. The smallest absolute Gasteiger partial charge is 0.322 e. The second kappa shape index (κ2) is 4.50. The van der Waals surface area contributed by atoms with Crippen molar-refractivity contribution in [2.24, 2.45) is 0 Å². The summed E-state index contributed by atoms with van der Waals surface area (Å²) in [4.78, 5) is 21.0. The number of hydrogen-bond donors (Lipinski definition) is 3. The highest BCUT2D eigenvalue weighted by Gasteiger charge is 2.10. The van der Waals surface area contributed by atoms with E-state index >= 15 is 0 Å². The molecule has 12 heavy (non-hydrogen) atoms. The van der Waals surface area contributed by atoms with E-state index in [1.807, 2.05) is 0 Å². The van der Waals surface area contributed by atoms with Gasteiger partial charge in [0, 0.05) is 5.57 Å². The Balaban J connectivity index is 3.76. The average Bonchev–Trinajstić information content (AvgIpc) is 1.98. The highest BCUT2D eigenvalue weighted by atomic mass is 16.4. The topological polar surface area (TPSA) is 78.4 Å². The standard InChI is InChI=1S/C7H12N2O3/c1-4(2)6(10)9-8-5(3)7(11)12/h5,8H,1H2,2-3H3,(H,9,10)(H,11,12)/t5-/m0/s1. The van der Waals surface area contributed by atoms with Crippen molar-refractivity contribution in [3.8, 4) is 0 Å². The van der Waals surface area contributed by atoms with Crippen LogP contribution < -0.4 is 10.9 Å². The van der Waals surface area contributed by atoms with Crippen LogP contribution in [0.1, 0.15) is 13.8 Å². The Morgan fingerprint density at radius 2 is 2.00 bits per heavy atom. The Labute approximate surface area is 70.4 Å². The molecule has 5 heteroatoms. The summed E-state index contributed by atoms with van der Waals surface area (Å²) in [6.07, 6.45) is 0. The summed E-state index contributed by atoms with van der Waals surface area (Å²) >= 11 is 0. The number of carboxylic acids is 1. The van der Waals surface area contributed by atoms with Crippen molar-refractivity contribution in [1.82, 2.24) is 10.9 Å². The van der Waals surface area contributed by atoms with Gasteiger partial charge in [-0.05, 0) is 13.8 Å². The van der Waals surface area contributed by atoms with Gasteiger partial charge in [0.2, 0.25) is 0 Å². The summed E-state index contributed by atoms with van der Waals surface area (Å²) < 4.78 is 0. The van der Waals surface area contributed by atoms with Crippen molar-refractivity contribution < 1.29 is 14.7 Å². The average molecular weight is 172 g/mol. The Bertz CT molecular complexity index is 213. The molecule has 0 aliphatic heterocycles. The van der Waals surface area contributed by atoms with Gasteiger partial charge in [0.15, 0.2) is 0 Å². The van der Waals surface area contributed by atoms with E-state index in [9.17, 15) is 9.59 Å². The van der Waals surface area contributed by atoms with Crippen LogP contribution in [0, 0.1) is 0 Å². The first-order chi connectivity index (χ1) is 5.45. The fourth-order valence-electron chi connectivity index (χ4n) is 0.342. The third kappa shape index (κ3) is 3.72. The van der Waals surface area contributed by atoms with E-state index in [4.69, 9.17) is 5.11 Å². The minimum absolute atomic E-state index is 0.320. The van der Waals surface area contributed by atoms with Crippen LogP contribution in [-0.4, -0.2) is 23.0 Å². The molecular formula is C7H12N2O3. The molecule has 0 saturated carbocycles. The van der Waals surface area contributed by atoms with E-state index in [0.29, 0.717) is 5.57 Å². The van der Waals surface area contributed by atoms with E-state index in [2.05, 4.69) is 17.4 Å². The number of hydrazine groups is 1. The van der Waals surface area contributed by atoms with Gasteiger partial charge in [-0.1, -0.05) is 6.58 Å². The quantitative estimate of drug-likeness (QED) is 0.400. The van der Waals surface area contributed by atoms with Gasteiger partial charge in [0.05, 0.1) is 0 Å². The van der Waals surface area contributed by atoms with Gasteiger partial charge in [0.1, 0.15) is 6.04 Å². The third-order valence-corrected chi connectivity index (χ3v) is 1.16. The molecule has 0 aromatic carbocycles. The summed E-state index contributed by atoms with van der Waals surface area (Å²) in [6.45, 7) is 6.33. The Kier molecular flexibility index (Phi) is 3.99. The molecular weight excluding hydrogens is 160 g/mol. The minimum atomic E-state index is -1.03. The first-order valence-corrected chi connectivity index (χ1v) is 3.39. The van der Waals surface area contributed by atoms with Gasteiger partial charge in [-0.15, -0.1) is 0 Å². The van der Waals surface area contributed by atoms with E-state index < -0.39 is 17.9 Å². The fourth-order valence-corrected chi connectivity index (χ4v) is 0.342. The Hall–Kier alpha value is -1.36. The molecule has 0 radical (unpaired) electrons. The zero-order chi connectivity index (χ0) is 9.72. The highest BCUT2D eigenvalue weighted by molar-refractivity contribution is 5.91. The molecule has 0 saturated heterocycles. The number of carboxylic acid groups (broad SMARTS) is 1. The van der Waals surface area contributed by atoms with Crippen molar-refractivity contribution in [1.29, 1.82) is 0 Å². The summed E-state index contributed by atoms with van der Waals surface area (Å²) in [5.41, 5.74) is 4.82. The molecule has 0 aliphatic carbocycles. The number of carbonyl (C=O) groups is 2. The van der Waals surface area contributed by atoms with E-state index in [1.165, 1.54) is 13.8 Å². The number of carbonyl (C=O) groups excluding carboxylic acids is 1. The van der Waals surface area contributed by atoms with E-state index in [-0.39, 0.29) is 0 Å². The lowest BCUT2D eigenvalue weighted by molar-refractivity contribution is -0.139. The minimum Gasteiger partial charge on any atom is -0.480 e. The predicted octanol–water partition coefficient (Wildman–Crippen LogP) is -0.344. The van der Waals surface area contributed by atoms with Crippen molar-refractivity contribution >= 4 is 11.9 Å². The molecule has 0 bridgehead atoms. The second-order valence-corrected chi connectivity index (χ2v) is 2.44. The number of rotatable bonds is 4.